The van der Waals surface area contributed by atoms with Crippen LogP contribution in [0.1, 0.15) is 30.8 Å². The molecule has 148 valence electrons. The van der Waals surface area contributed by atoms with Crippen molar-refractivity contribution in [3.63, 3.8) is 0 Å². The first-order valence-corrected chi connectivity index (χ1v) is 10.2. The molecule has 1 N–H and O–H groups in total. The quantitative estimate of drug-likeness (QED) is 0.637. The zero-order valence-corrected chi connectivity index (χ0v) is 17.8. The molecule has 28 heavy (non-hydrogen) atoms. The number of hydrogen-bond donors (Lipinski definition) is 1. The molecule has 3 aromatic rings. The number of thiazole rings is 1. The molecule has 0 saturated carbocycles. The molecule has 3 rings (SSSR count). The molecule has 0 atom stereocenters. The molecule has 2 heterocycles. The van der Waals surface area contributed by atoms with Crippen molar-refractivity contribution in [3.8, 4) is 17.0 Å². The molecule has 0 saturated heterocycles. The van der Waals surface area contributed by atoms with Gasteiger partial charge in [0.05, 0.1) is 24.9 Å². The van der Waals surface area contributed by atoms with Crippen LogP contribution in [0, 0.1) is 19.8 Å². The van der Waals surface area contributed by atoms with Gasteiger partial charge in [-0.2, -0.15) is 5.10 Å². The third-order valence-electron chi connectivity index (χ3n) is 4.54. The fourth-order valence-corrected chi connectivity index (χ4v) is 3.80. The van der Waals surface area contributed by atoms with Crippen LogP contribution in [-0.2, 0) is 17.8 Å². The number of nitrogens with one attached hydrogen (secondary N) is 1. The van der Waals surface area contributed by atoms with E-state index in [0.717, 1.165) is 40.5 Å². The van der Waals surface area contributed by atoms with Crippen molar-refractivity contribution in [2.24, 2.45) is 5.92 Å². The van der Waals surface area contributed by atoms with Gasteiger partial charge in [0.25, 0.3) is 0 Å². The summed E-state index contributed by atoms with van der Waals surface area (Å²) in [4.78, 5) is 17.1. The fourth-order valence-electron chi connectivity index (χ4n) is 3.06. The number of ether oxygens (including phenoxy) is 1. The Balaban J connectivity index is 1.67. The summed E-state index contributed by atoms with van der Waals surface area (Å²) >= 11 is 1.42. The van der Waals surface area contributed by atoms with Crippen LogP contribution in [-0.4, -0.2) is 27.8 Å². The predicted octanol–water partition coefficient (Wildman–Crippen LogP) is 4.47. The number of aryl methyl sites for hydroxylation is 1. The lowest BCUT2D eigenvalue weighted by atomic mass is 10.1. The van der Waals surface area contributed by atoms with Gasteiger partial charge in [0.1, 0.15) is 5.75 Å². The van der Waals surface area contributed by atoms with Gasteiger partial charge in [-0.1, -0.05) is 13.8 Å². The first-order chi connectivity index (χ1) is 13.4. The van der Waals surface area contributed by atoms with Crippen LogP contribution >= 0.6 is 11.3 Å². The van der Waals surface area contributed by atoms with E-state index in [4.69, 9.17) is 4.74 Å². The van der Waals surface area contributed by atoms with Crippen LogP contribution in [0.25, 0.3) is 11.3 Å². The number of aromatic nitrogens is 3. The lowest BCUT2D eigenvalue weighted by molar-refractivity contribution is -0.115. The molecule has 0 unspecified atom stereocenters. The van der Waals surface area contributed by atoms with E-state index in [1.54, 1.807) is 7.11 Å². The van der Waals surface area contributed by atoms with Crippen molar-refractivity contribution in [1.29, 1.82) is 0 Å². The number of anilines is 1. The third-order valence-corrected chi connectivity index (χ3v) is 5.30. The average Bonchev–Trinajstić information content (AvgIpc) is 3.22. The molecule has 7 heteroatoms. The smallest absolute Gasteiger partial charge is 0.230 e. The number of methoxy groups -OCH3 is 1. The van der Waals surface area contributed by atoms with Gasteiger partial charge < -0.3 is 10.1 Å². The van der Waals surface area contributed by atoms with Gasteiger partial charge in [0.2, 0.25) is 5.91 Å². The van der Waals surface area contributed by atoms with Crippen molar-refractivity contribution in [2.45, 2.75) is 40.7 Å². The van der Waals surface area contributed by atoms with Crippen molar-refractivity contribution < 1.29 is 9.53 Å². The summed E-state index contributed by atoms with van der Waals surface area (Å²) in [5, 5.41) is 10.0. The van der Waals surface area contributed by atoms with Crippen molar-refractivity contribution >= 4 is 22.4 Å². The Kier molecular flexibility index (Phi) is 6.14. The van der Waals surface area contributed by atoms with Gasteiger partial charge in [-0.05, 0) is 44.0 Å². The van der Waals surface area contributed by atoms with Gasteiger partial charge in [-0.15, -0.1) is 11.3 Å². The molecule has 0 fully saturated rings. The summed E-state index contributed by atoms with van der Waals surface area (Å²) < 4.78 is 7.17. The average molecular weight is 399 g/mol. The monoisotopic (exact) mass is 398 g/mol. The Labute approximate surface area is 169 Å². The number of amides is 1. The van der Waals surface area contributed by atoms with E-state index in [0.29, 0.717) is 17.5 Å². The standard InChI is InChI=1S/C21H26N4O2S/c1-13(2)11-25-15(4)18(14(3)24-25)10-20(26)23-21-22-19(12-28-21)16-6-8-17(27-5)9-7-16/h6-9,12-13H,10-11H2,1-5H3,(H,22,23,26). The van der Waals surface area contributed by atoms with Crippen molar-refractivity contribution in [1.82, 2.24) is 14.8 Å². The summed E-state index contributed by atoms with van der Waals surface area (Å²) in [6, 6.07) is 7.70. The molecule has 1 amide bonds. The second kappa shape index (κ2) is 8.56. The zero-order chi connectivity index (χ0) is 20.3. The summed E-state index contributed by atoms with van der Waals surface area (Å²) in [7, 11) is 1.64. The maximum absolute atomic E-state index is 12.5. The fraction of sp³-hybridized carbons (Fsp3) is 0.381. The SMILES string of the molecule is COc1ccc(-c2csc(NC(=O)Cc3c(C)nn(CC(C)C)c3C)n2)cc1. The Morgan fingerprint density at radius 2 is 1.96 bits per heavy atom. The van der Waals surface area contributed by atoms with Crippen LogP contribution in [0.4, 0.5) is 5.13 Å². The summed E-state index contributed by atoms with van der Waals surface area (Å²) in [5.41, 5.74) is 4.77. The van der Waals surface area contributed by atoms with Gasteiger partial charge in [-0.3, -0.25) is 9.48 Å². The normalized spacial score (nSPS) is 11.1. The van der Waals surface area contributed by atoms with Gasteiger partial charge >= 0.3 is 0 Å². The predicted molar refractivity (Wildman–Crippen MR) is 113 cm³/mol. The molecule has 2 aromatic heterocycles. The minimum atomic E-state index is -0.0778. The van der Waals surface area contributed by atoms with Gasteiger partial charge in [0, 0.05) is 28.7 Å². The van der Waals surface area contributed by atoms with Crippen LogP contribution in [0.2, 0.25) is 0 Å². The second-order valence-electron chi connectivity index (χ2n) is 7.22. The Hall–Kier alpha value is -2.67. The van der Waals surface area contributed by atoms with Crippen LogP contribution < -0.4 is 10.1 Å². The highest BCUT2D eigenvalue weighted by molar-refractivity contribution is 7.14. The number of rotatable bonds is 7. The van der Waals surface area contributed by atoms with Crippen LogP contribution in [0.3, 0.4) is 0 Å². The lowest BCUT2D eigenvalue weighted by Crippen LogP contribution is -2.15. The van der Waals surface area contributed by atoms with E-state index in [-0.39, 0.29) is 5.91 Å². The zero-order valence-electron chi connectivity index (χ0n) is 16.9. The minimum absolute atomic E-state index is 0.0778. The molecular formula is C21H26N4O2S. The number of benzene rings is 1. The number of hydrogen-bond acceptors (Lipinski definition) is 5. The van der Waals surface area contributed by atoms with Crippen LogP contribution in [0.15, 0.2) is 29.6 Å². The molecule has 6 nitrogen and oxygen atoms in total. The first kappa shape index (κ1) is 20.1. The minimum Gasteiger partial charge on any atom is -0.497 e. The largest absolute Gasteiger partial charge is 0.497 e. The van der Waals surface area contributed by atoms with E-state index in [1.807, 2.05) is 48.2 Å². The molecule has 0 spiro atoms. The Bertz CT molecular complexity index is 957. The van der Waals surface area contributed by atoms with Gasteiger partial charge in [0.15, 0.2) is 5.13 Å². The van der Waals surface area contributed by atoms with E-state index in [9.17, 15) is 4.79 Å². The summed E-state index contributed by atoms with van der Waals surface area (Å²) in [6.45, 7) is 9.15. The molecule has 0 aliphatic carbocycles. The van der Waals surface area contributed by atoms with E-state index in [2.05, 4.69) is 29.2 Å². The molecule has 0 radical (unpaired) electrons. The number of carbonyl (C=O) groups is 1. The number of carbonyl (C=O) groups excluding carboxylic acids is 1. The summed E-state index contributed by atoms with van der Waals surface area (Å²) in [6.07, 6.45) is 0.299. The molecule has 0 aliphatic rings. The van der Waals surface area contributed by atoms with E-state index in [1.165, 1.54) is 11.3 Å². The van der Waals surface area contributed by atoms with E-state index < -0.39 is 0 Å². The highest BCUT2D eigenvalue weighted by Gasteiger charge is 2.16. The molecular weight excluding hydrogens is 372 g/mol. The van der Waals surface area contributed by atoms with E-state index >= 15 is 0 Å². The van der Waals surface area contributed by atoms with Crippen molar-refractivity contribution in [2.75, 3.05) is 12.4 Å². The van der Waals surface area contributed by atoms with Crippen LogP contribution in [0.5, 0.6) is 5.75 Å². The Morgan fingerprint density at radius 3 is 2.61 bits per heavy atom. The topological polar surface area (TPSA) is 69.0 Å². The molecule has 1 aromatic carbocycles. The first-order valence-electron chi connectivity index (χ1n) is 9.30. The maximum atomic E-state index is 12.5. The highest BCUT2D eigenvalue weighted by Crippen LogP contribution is 2.26. The highest BCUT2D eigenvalue weighted by atomic mass is 32.1. The van der Waals surface area contributed by atoms with Crippen molar-refractivity contribution in [3.05, 3.63) is 46.6 Å². The third kappa shape index (κ3) is 4.59. The second-order valence-corrected chi connectivity index (χ2v) is 8.07. The lowest BCUT2D eigenvalue weighted by Gasteiger charge is -2.08. The molecule has 0 aliphatic heterocycles. The number of nitrogens with zero attached hydrogens (tertiary/aromatic N) is 3. The summed E-state index contributed by atoms with van der Waals surface area (Å²) in [5.74, 6) is 1.23. The van der Waals surface area contributed by atoms with Gasteiger partial charge in [-0.25, -0.2) is 4.98 Å². The Morgan fingerprint density at radius 1 is 1.25 bits per heavy atom. The molecule has 0 bridgehead atoms. The maximum Gasteiger partial charge on any atom is 0.230 e.